The molecule has 0 radical (unpaired) electrons. The monoisotopic (exact) mass is 511 g/mol. The van der Waals surface area contributed by atoms with Gasteiger partial charge < -0.3 is 0 Å². The first-order valence-corrected chi connectivity index (χ1v) is 12.6. The molecule has 0 saturated carbocycles. The fourth-order valence-electron chi connectivity index (χ4n) is 4.09. The van der Waals surface area contributed by atoms with Gasteiger partial charge in [-0.15, -0.1) is 0 Å². The van der Waals surface area contributed by atoms with Crippen LogP contribution in [0.5, 0.6) is 0 Å². The van der Waals surface area contributed by atoms with Gasteiger partial charge in [0.1, 0.15) is 0 Å². The zero-order chi connectivity index (χ0) is 27.0. The summed E-state index contributed by atoms with van der Waals surface area (Å²) in [7, 11) is 0. The maximum absolute atomic E-state index is 4.90. The van der Waals surface area contributed by atoms with Crippen LogP contribution in [-0.2, 0) is 0 Å². The minimum absolute atomic E-state index is 0.761. The van der Waals surface area contributed by atoms with Crippen LogP contribution in [0.3, 0.4) is 0 Å². The fourth-order valence-corrected chi connectivity index (χ4v) is 4.09. The van der Waals surface area contributed by atoms with E-state index in [-0.39, 0.29) is 0 Å². The van der Waals surface area contributed by atoms with E-state index in [1.165, 1.54) is 0 Å². The van der Waals surface area contributed by atoms with E-state index in [2.05, 4.69) is 55.8 Å². The molecule has 0 aliphatic carbocycles. The Morgan fingerprint density at radius 1 is 0.375 bits per heavy atom. The second kappa shape index (κ2) is 11.6. The molecule has 0 unspecified atom stereocenters. The van der Waals surface area contributed by atoms with Gasteiger partial charge >= 0.3 is 0 Å². The average molecular weight is 512 g/mol. The molecule has 186 valence electrons. The predicted octanol–water partition coefficient (Wildman–Crippen LogP) is 6.46. The van der Waals surface area contributed by atoms with Crippen molar-refractivity contribution in [2.75, 3.05) is 0 Å². The van der Waals surface area contributed by atoms with E-state index in [0.717, 1.165) is 56.2 Å². The molecule has 5 heterocycles. The molecule has 0 bridgehead atoms. The maximum atomic E-state index is 4.90. The molecule has 0 spiro atoms. The van der Waals surface area contributed by atoms with Crippen LogP contribution in [0.15, 0.2) is 128 Å². The van der Waals surface area contributed by atoms with Gasteiger partial charge in [-0.2, -0.15) is 0 Å². The van der Waals surface area contributed by atoms with Gasteiger partial charge in [0.2, 0.25) is 0 Å². The van der Waals surface area contributed by atoms with E-state index >= 15 is 0 Å². The third-order valence-corrected chi connectivity index (χ3v) is 6.01. The van der Waals surface area contributed by atoms with Gasteiger partial charge in [0.15, 0.2) is 0 Å². The molecule has 0 fully saturated rings. The summed E-state index contributed by atoms with van der Waals surface area (Å²) < 4.78 is 0. The van der Waals surface area contributed by atoms with Crippen molar-refractivity contribution in [2.24, 2.45) is 0 Å². The molecule has 1 aromatic carbocycles. The molecule has 6 aromatic rings. The van der Waals surface area contributed by atoms with Crippen LogP contribution in [0.2, 0.25) is 0 Å². The minimum atomic E-state index is 0.761. The van der Waals surface area contributed by atoms with Gasteiger partial charge in [0, 0.05) is 59.4 Å². The van der Waals surface area contributed by atoms with Crippen molar-refractivity contribution in [3.05, 3.63) is 150 Å². The van der Waals surface area contributed by atoms with Gasteiger partial charge in [0.05, 0.1) is 22.8 Å². The molecule has 40 heavy (non-hydrogen) atoms. The topological polar surface area (TPSA) is 64.5 Å². The van der Waals surface area contributed by atoms with Gasteiger partial charge in [-0.05, 0) is 90.0 Å². The highest BCUT2D eigenvalue weighted by Crippen LogP contribution is 2.30. The molecule has 0 atom stereocenters. The summed E-state index contributed by atoms with van der Waals surface area (Å²) in [5.41, 5.74) is 8.52. The molecule has 0 amide bonds. The number of pyridine rings is 5. The van der Waals surface area contributed by atoms with E-state index in [0.29, 0.717) is 0 Å². The Hall–Kier alpha value is -5.91. The van der Waals surface area contributed by atoms with Crippen LogP contribution in [0, 0.1) is 23.7 Å². The molecular formula is C35H21N5. The van der Waals surface area contributed by atoms with Crippen molar-refractivity contribution < 1.29 is 0 Å². The number of benzene rings is 1. The lowest BCUT2D eigenvalue weighted by Crippen LogP contribution is -1.94. The molecule has 5 aromatic heterocycles. The van der Waals surface area contributed by atoms with Crippen molar-refractivity contribution in [2.45, 2.75) is 0 Å². The Labute approximate surface area is 232 Å². The fraction of sp³-hybridized carbons (Fsp3) is 0. The third-order valence-electron chi connectivity index (χ3n) is 6.01. The highest BCUT2D eigenvalue weighted by Gasteiger charge is 2.11. The quantitative estimate of drug-likeness (QED) is 0.255. The second-order valence-corrected chi connectivity index (χ2v) is 8.83. The summed E-state index contributed by atoms with van der Waals surface area (Å²) in [4.78, 5) is 22.1. The summed E-state index contributed by atoms with van der Waals surface area (Å²) in [5, 5.41) is 0. The predicted molar refractivity (Wildman–Crippen MR) is 157 cm³/mol. The first-order chi connectivity index (χ1) is 19.8. The van der Waals surface area contributed by atoms with Gasteiger partial charge in [-0.1, -0.05) is 35.8 Å². The standard InChI is InChI=1S/C35H21N5/c1-3-15-38-32(5-1)34-24-31(25-35(40-34)33-6-2-4-16-39-33)30-22-28(9-7-26-11-17-36-18-12-26)21-29(23-30)10-8-27-13-19-37-20-14-27/h1-6,11-25H. The Morgan fingerprint density at radius 3 is 1.27 bits per heavy atom. The van der Waals surface area contributed by atoms with Crippen LogP contribution in [-0.4, -0.2) is 24.9 Å². The Kier molecular flexibility index (Phi) is 7.11. The Bertz CT molecular complexity index is 1750. The Balaban J connectivity index is 1.51. The van der Waals surface area contributed by atoms with Crippen LogP contribution in [0.1, 0.15) is 22.3 Å². The molecule has 5 nitrogen and oxygen atoms in total. The molecule has 0 N–H and O–H groups in total. The van der Waals surface area contributed by atoms with Crippen molar-refractivity contribution >= 4 is 0 Å². The molecule has 0 aliphatic rings. The van der Waals surface area contributed by atoms with E-state index < -0.39 is 0 Å². The highest BCUT2D eigenvalue weighted by atomic mass is 14.8. The zero-order valence-corrected chi connectivity index (χ0v) is 21.4. The van der Waals surface area contributed by atoms with Crippen LogP contribution in [0.25, 0.3) is 33.9 Å². The number of rotatable bonds is 3. The summed E-state index contributed by atoms with van der Waals surface area (Å²) in [6, 6.07) is 29.4. The minimum Gasteiger partial charge on any atom is -0.265 e. The van der Waals surface area contributed by atoms with E-state index in [1.807, 2.05) is 78.9 Å². The summed E-state index contributed by atoms with van der Waals surface area (Å²) in [6.45, 7) is 0. The van der Waals surface area contributed by atoms with Gasteiger partial charge in [0.25, 0.3) is 0 Å². The van der Waals surface area contributed by atoms with E-state index in [9.17, 15) is 0 Å². The van der Waals surface area contributed by atoms with Crippen LogP contribution >= 0.6 is 0 Å². The van der Waals surface area contributed by atoms with Crippen molar-refractivity contribution in [3.8, 4) is 57.6 Å². The third kappa shape index (κ3) is 5.97. The Morgan fingerprint density at radius 2 is 0.825 bits per heavy atom. The molecule has 5 heteroatoms. The highest BCUT2D eigenvalue weighted by molar-refractivity contribution is 5.76. The average Bonchev–Trinajstić information content (AvgIpc) is 3.04. The summed E-state index contributed by atoms with van der Waals surface area (Å²) >= 11 is 0. The molecule has 0 aliphatic heterocycles. The van der Waals surface area contributed by atoms with Crippen molar-refractivity contribution in [3.63, 3.8) is 0 Å². The lowest BCUT2D eigenvalue weighted by atomic mass is 9.98. The summed E-state index contributed by atoms with van der Waals surface area (Å²) in [5.74, 6) is 13.1. The first kappa shape index (κ1) is 24.4. The smallest absolute Gasteiger partial charge is 0.0900 e. The maximum Gasteiger partial charge on any atom is 0.0900 e. The van der Waals surface area contributed by atoms with Crippen LogP contribution in [0.4, 0.5) is 0 Å². The van der Waals surface area contributed by atoms with Gasteiger partial charge in [-0.3, -0.25) is 19.9 Å². The van der Waals surface area contributed by atoms with Gasteiger partial charge in [-0.25, -0.2) is 4.98 Å². The number of aromatic nitrogens is 5. The van der Waals surface area contributed by atoms with Crippen LogP contribution < -0.4 is 0 Å². The second-order valence-electron chi connectivity index (χ2n) is 8.83. The number of hydrogen-bond donors (Lipinski definition) is 0. The lowest BCUT2D eigenvalue weighted by molar-refractivity contribution is 1.22. The molecule has 0 saturated heterocycles. The number of hydrogen-bond acceptors (Lipinski definition) is 5. The molecular weight excluding hydrogens is 490 g/mol. The summed E-state index contributed by atoms with van der Waals surface area (Å²) in [6.07, 6.45) is 10.5. The normalized spacial score (nSPS) is 10.1. The largest absolute Gasteiger partial charge is 0.265 e. The van der Waals surface area contributed by atoms with E-state index in [4.69, 9.17) is 4.98 Å². The van der Waals surface area contributed by atoms with E-state index in [1.54, 1.807) is 37.2 Å². The lowest BCUT2D eigenvalue weighted by Gasteiger charge is -2.10. The SMILES string of the molecule is C(#Cc1cc(C#Cc2ccncc2)cc(-c2cc(-c3ccccn3)nc(-c3ccccn3)c2)c1)c1ccncc1. The molecule has 6 rings (SSSR count). The van der Waals surface area contributed by atoms with Crippen molar-refractivity contribution in [1.29, 1.82) is 0 Å². The van der Waals surface area contributed by atoms with Crippen molar-refractivity contribution in [1.82, 2.24) is 24.9 Å². The number of nitrogens with zero attached hydrogens (tertiary/aromatic N) is 5. The zero-order valence-electron chi connectivity index (χ0n) is 21.4. The first-order valence-electron chi connectivity index (χ1n) is 12.6.